The fraction of sp³-hybridized carbons (Fsp3) is 0.0714. The Kier molecular flexibility index (Phi) is 2.23. The molecule has 0 radical (unpaired) electrons. The van der Waals surface area contributed by atoms with Crippen LogP contribution in [0.1, 0.15) is 5.56 Å². The van der Waals surface area contributed by atoms with Crippen molar-refractivity contribution in [3.63, 3.8) is 0 Å². The maximum atomic E-state index is 9.53. The highest BCUT2D eigenvalue weighted by Gasteiger charge is 2.05. The number of anilines is 1. The van der Waals surface area contributed by atoms with Crippen molar-refractivity contribution in [1.29, 1.82) is 0 Å². The third-order valence-corrected chi connectivity index (χ3v) is 3.12. The van der Waals surface area contributed by atoms with Crippen LogP contribution in [-0.2, 0) is 0 Å². The van der Waals surface area contributed by atoms with Gasteiger partial charge in [-0.1, -0.05) is 12.1 Å². The number of benzene rings is 2. The molecule has 0 bridgehead atoms. The number of phenolic OH excluding ortho intramolecular Hbond substituents is 1. The van der Waals surface area contributed by atoms with Gasteiger partial charge in [-0.15, -0.1) is 0 Å². The second-order valence-electron chi connectivity index (χ2n) is 4.37. The Morgan fingerprint density at radius 2 is 1.83 bits per heavy atom. The number of rotatable bonds is 1. The van der Waals surface area contributed by atoms with Gasteiger partial charge in [0.05, 0.1) is 5.52 Å². The molecule has 18 heavy (non-hydrogen) atoms. The lowest BCUT2D eigenvalue weighted by molar-refractivity contribution is 0.471. The van der Waals surface area contributed by atoms with Crippen molar-refractivity contribution in [1.82, 2.24) is 10.2 Å². The predicted octanol–water partition coefficient (Wildman–Crippen LogP) is 2.83. The van der Waals surface area contributed by atoms with Gasteiger partial charge in [0.1, 0.15) is 5.75 Å². The van der Waals surface area contributed by atoms with Crippen molar-refractivity contribution in [2.45, 2.75) is 6.92 Å². The first-order chi connectivity index (χ1) is 8.65. The molecule has 3 rings (SSSR count). The predicted molar refractivity (Wildman–Crippen MR) is 72.3 cm³/mol. The van der Waals surface area contributed by atoms with E-state index in [4.69, 9.17) is 5.73 Å². The molecule has 0 aliphatic rings. The molecule has 0 fully saturated rings. The van der Waals surface area contributed by atoms with E-state index >= 15 is 0 Å². The van der Waals surface area contributed by atoms with Crippen LogP contribution in [0.25, 0.3) is 22.0 Å². The summed E-state index contributed by atoms with van der Waals surface area (Å²) in [5, 5.41) is 17.3. The second-order valence-corrected chi connectivity index (χ2v) is 4.37. The van der Waals surface area contributed by atoms with Gasteiger partial charge in [-0.3, -0.25) is 5.10 Å². The number of nitrogen functional groups attached to an aromatic ring is 1. The van der Waals surface area contributed by atoms with Crippen LogP contribution in [0.5, 0.6) is 5.75 Å². The van der Waals surface area contributed by atoms with E-state index in [2.05, 4.69) is 10.2 Å². The minimum atomic E-state index is 0.311. The molecule has 0 aliphatic carbocycles. The van der Waals surface area contributed by atoms with Crippen LogP contribution >= 0.6 is 0 Å². The molecule has 1 aromatic heterocycles. The van der Waals surface area contributed by atoms with E-state index in [0.29, 0.717) is 11.6 Å². The molecule has 0 saturated heterocycles. The summed E-state index contributed by atoms with van der Waals surface area (Å²) < 4.78 is 0. The van der Waals surface area contributed by atoms with Gasteiger partial charge in [-0.25, -0.2) is 0 Å². The molecule has 0 saturated carbocycles. The smallest absolute Gasteiger partial charge is 0.153 e. The minimum Gasteiger partial charge on any atom is -0.508 e. The number of aromatic hydroxyl groups is 1. The number of fused-ring (bicyclic) bond motifs is 1. The largest absolute Gasteiger partial charge is 0.508 e. The Morgan fingerprint density at radius 1 is 1.11 bits per heavy atom. The van der Waals surface area contributed by atoms with Crippen LogP contribution in [0.15, 0.2) is 36.4 Å². The molecule has 0 amide bonds. The summed E-state index contributed by atoms with van der Waals surface area (Å²) in [7, 11) is 0. The van der Waals surface area contributed by atoms with E-state index in [1.54, 1.807) is 6.07 Å². The van der Waals surface area contributed by atoms with Gasteiger partial charge in [0.2, 0.25) is 0 Å². The molecular weight excluding hydrogens is 226 g/mol. The summed E-state index contributed by atoms with van der Waals surface area (Å²) in [6.07, 6.45) is 0. The molecule has 2 aromatic carbocycles. The average Bonchev–Trinajstić information content (AvgIpc) is 2.74. The molecule has 0 aliphatic heterocycles. The fourth-order valence-corrected chi connectivity index (χ4v) is 2.06. The van der Waals surface area contributed by atoms with Crippen molar-refractivity contribution < 1.29 is 5.11 Å². The van der Waals surface area contributed by atoms with E-state index in [1.165, 1.54) is 0 Å². The lowest BCUT2D eigenvalue weighted by Crippen LogP contribution is -1.84. The lowest BCUT2D eigenvalue weighted by Gasteiger charge is -2.05. The first-order valence-corrected chi connectivity index (χ1v) is 5.69. The number of aromatic nitrogens is 2. The molecule has 3 aromatic rings. The standard InChI is InChI=1S/C14H13N3O/c1-8-6-9(3-5-13(8)18)10-2-4-11-12(7-10)16-17-14(11)15/h2-7,18H,1H3,(H3,15,16,17). The van der Waals surface area contributed by atoms with E-state index in [-0.39, 0.29) is 0 Å². The highest BCUT2D eigenvalue weighted by Crippen LogP contribution is 2.28. The quantitative estimate of drug-likeness (QED) is 0.611. The van der Waals surface area contributed by atoms with Gasteiger partial charge in [0.25, 0.3) is 0 Å². The number of aryl methyl sites for hydroxylation is 1. The van der Waals surface area contributed by atoms with Gasteiger partial charge < -0.3 is 10.8 Å². The maximum Gasteiger partial charge on any atom is 0.153 e. The van der Waals surface area contributed by atoms with Crippen molar-refractivity contribution in [3.8, 4) is 16.9 Å². The third kappa shape index (κ3) is 1.59. The topological polar surface area (TPSA) is 74.9 Å². The number of phenols is 1. The molecule has 0 spiro atoms. The monoisotopic (exact) mass is 239 g/mol. The minimum absolute atomic E-state index is 0.311. The first kappa shape index (κ1) is 10.7. The lowest BCUT2D eigenvalue weighted by atomic mass is 10.0. The van der Waals surface area contributed by atoms with E-state index in [0.717, 1.165) is 27.6 Å². The molecule has 4 heteroatoms. The SMILES string of the molecule is Cc1cc(-c2ccc3c(N)n[nH]c3c2)ccc1O. The van der Waals surface area contributed by atoms with Crippen LogP contribution in [0.3, 0.4) is 0 Å². The van der Waals surface area contributed by atoms with Crippen LogP contribution in [0, 0.1) is 6.92 Å². The zero-order valence-corrected chi connectivity index (χ0v) is 9.94. The van der Waals surface area contributed by atoms with Crippen molar-refractivity contribution in [2.75, 3.05) is 5.73 Å². The fourth-order valence-electron chi connectivity index (χ4n) is 2.06. The number of nitrogens with two attached hydrogens (primary N) is 1. The number of aromatic amines is 1. The van der Waals surface area contributed by atoms with Crippen molar-refractivity contribution >= 4 is 16.7 Å². The number of hydrogen-bond acceptors (Lipinski definition) is 3. The highest BCUT2D eigenvalue weighted by molar-refractivity contribution is 5.91. The molecule has 0 atom stereocenters. The number of H-pyrrole nitrogens is 1. The van der Waals surface area contributed by atoms with Crippen molar-refractivity contribution in [3.05, 3.63) is 42.0 Å². The Morgan fingerprint density at radius 3 is 2.61 bits per heavy atom. The molecule has 4 N–H and O–H groups in total. The maximum absolute atomic E-state index is 9.53. The van der Waals surface area contributed by atoms with Crippen LogP contribution in [0.4, 0.5) is 5.82 Å². The third-order valence-electron chi connectivity index (χ3n) is 3.12. The Balaban J connectivity index is 2.16. The summed E-state index contributed by atoms with van der Waals surface area (Å²) in [5.74, 6) is 0.823. The van der Waals surface area contributed by atoms with Gasteiger partial charge >= 0.3 is 0 Å². The molecule has 1 heterocycles. The molecule has 4 nitrogen and oxygen atoms in total. The Bertz CT molecular complexity index is 731. The zero-order chi connectivity index (χ0) is 12.7. The van der Waals surface area contributed by atoms with Crippen LogP contribution in [0.2, 0.25) is 0 Å². The van der Waals surface area contributed by atoms with E-state index in [1.807, 2.05) is 37.3 Å². The van der Waals surface area contributed by atoms with Crippen LogP contribution < -0.4 is 5.73 Å². The van der Waals surface area contributed by atoms with E-state index in [9.17, 15) is 5.11 Å². The van der Waals surface area contributed by atoms with Gasteiger partial charge in [0.15, 0.2) is 5.82 Å². The van der Waals surface area contributed by atoms with Gasteiger partial charge in [0, 0.05) is 5.39 Å². The highest BCUT2D eigenvalue weighted by atomic mass is 16.3. The Hall–Kier alpha value is -2.49. The summed E-state index contributed by atoms with van der Waals surface area (Å²) in [6, 6.07) is 11.5. The number of nitrogens with zero attached hydrogens (tertiary/aromatic N) is 1. The molecule has 0 unspecified atom stereocenters. The number of hydrogen-bond donors (Lipinski definition) is 3. The number of nitrogens with one attached hydrogen (secondary N) is 1. The van der Waals surface area contributed by atoms with E-state index < -0.39 is 0 Å². The first-order valence-electron chi connectivity index (χ1n) is 5.69. The Labute approximate surface area is 104 Å². The van der Waals surface area contributed by atoms with Crippen LogP contribution in [-0.4, -0.2) is 15.3 Å². The van der Waals surface area contributed by atoms with Crippen molar-refractivity contribution in [2.24, 2.45) is 0 Å². The van der Waals surface area contributed by atoms with Gasteiger partial charge in [-0.05, 0) is 47.9 Å². The van der Waals surface area contributed by atoms with Gasteiger partial charge in [-0.2, -0.15) is 5.10 Å². The summed E-state index contributed by atoms with van der Waals surface area (Å²) in [5.41, 5.74) is 9.62. The average molecular weight is 239 g/mol. The summed E-state index contributed by atoms with van der Waals surface area (Å²) in [4.78, 5) is 0. The summed E-state index contributed by atoms with van der Waals surface area (Å²) in [6.45, 7) is 1.88. The second kappa shape index (κ2) is 3.77. The zero-order valence-electron chi connectivity index (χ0n) is 9.94. The molecular formula is C14H13N3O. The normalized spacial score (nSPS) is 10.9. The summed E-state index contributed by atoms with van der Waals surface area (Å²) >= 11 is 0. The molecule has 90 valence electrons.